The van der Waals surface area contributed by atoms with Crippen LogP contribution < -0.4 is 9.92 Å². The average Bonchev–Trinajstić information content (AvgIpc) is 2.21. The smallest absolute Gasteiger partial charge is 0.118 e. The van der Waals surface area contributed by atoms with E-state index in [2.05, 4.69) is 38.1 Å². The number of methoxy groups -OCH3 is 1. The molecule has 0 N–H and O–H groups in total. The maximum Gasteiger partial charge on any atom is 0.118 e. The highest BCUT2D eigenvalue weighted by atomic mass is 28.3. The van der Waals surface area contributed by atoms with Crippen LogP contribution in [-0.2, 0) is 0 Å². The van der Waals surface area contributed by atoms with Crippen LogP contribution in [0.25, 0.3) is 0 Å². The fourth-order valence-electron chi connectivity index (χ4n) is 1.48. The first-order chi connectivity index (χ1) is 6.31. The van der Waals surface area contributed by atoms with E-state index in [1.165, 1.54) is 17.3 Å². The molecule has 1 aromatic rings. The second-order valence-electron chi connectivity index (χ2n) is 3.04. The molecule has 2 heteroatoms. The quantitative estimate of drug-likeness (QED) is 0.667. The molecule has 0 aliphatic heterocycles. The Morgan fingerprint density at radius 2 is 1.62 bits per heavy atom. The molecule has 1 aromatic carbocycles. The molecule has 0 heterocycles. The molecule has 0 saturated heterocycles. The molecule has 1 nitrogen and oxygen atoms in total. The first kappa shape index (κ1) is 10.3. The molecule has 0 fully saturated rings. The van der Waals surface area contributed by atoms with Gasteiger partial charge in [-0.1, -0.05) is 43.3 Å². The van der Waals surface area contributed by atoms with Gasteiger partial charge in [-0.15, -0.1) is 0 Å². The molecular weight excluding hydrogens is 176 g/mol. The topological polar surface area (TPSA) is 9.23 Å². The van der Waals surface area contributed by atoms with Gasteiger partial charge >= 0.3 is 0 Å². The molecule has 0 amide bonds. The number of hydrogen-bond acceptors (Lipinski definition) is 1. The predicted octanol–water partition coefficient (Wildman–Crippen LogP) is 2.44. The number of hydrogen-bond donors (Lipinski definition) is 0. The standard InChI is InChI=1S/C11H17OSi/c1-4-13(5-2)11-8-6-10(12-3)7-9-11/h6-9H,4-5H2,1-3H3. The van der Waals surface area contributed by atoms with Gasteiger partial charge in [0.25, 0.3) is 0 Å². The fourth-order valence-corrected chi connectivity index (χ4v) is 3.44. The van der Waals surface area contributed by atoms with Crippen molar-refractivity contribution in [1.29, 1.82) is 0 Å². The Morgan fingerprint density at radius 1 is 1.08 bits per heavy atom. The van der Waals surface area contributed by atoms with Crippen molar-refractivity contribution < 1.29 is 4.74 Å². The monoisotopic (exact) mass is 193 g/mol. The van der Waals surface area contributed by atoms with Crippen molar-refractivity contribution in [1.82, 2.24) is 0 Å². The maximum atomic E-state index is 5.13. The normalized spacial score (nSPS) is 10.5. The Labute approximate surface area is 82.3 Å². The van der Waals surface area contributed by atoms with Crippen LogP contribution in [0.1, 0.15) is 13.8 Å². The summed E-state index contributed by atoms with van der Waals surface area (Å²) in [5, 5.41) is 1.52. The minimum absolute atomic E-state index is 0.281. The van der Waals surface area contributed by atoms with Crippen LogP contribution in [0.2, 0.25) is 12.1 Å². The molecule has 13 heavy (non-hydrogen) atoms. The molecule has 0 aliphatic rings. The maximum absolute atomic E-state index is 5.13. The molecule has 0 saturated carbocycles. The molecule has 0 spiro atoms. The van der Waals surface area contributed by atoms with Crippen LogP contribution in [0.5, 0.6) is 5.75 Å². The minimum atomic E-state index is -0.281. The number of ether oxygens (including phenoxy) is 1. The molecule has 71 valence electrons. The van der Waals surface area contributed by atoms with E-state index in [0.29, 0.717) is 0 Å². The van der Waals surface area contributed by atoms with Crippen molar-refractivity contribution in [3.8, 4) is 5.75 Å². The summed E-state index contributed by atoms with van der Waals surface area (Å²) in [5.41, 5.74) is 0. The molecule has 1 radical (unpaired) electrons. The van der Waals surface area contributed by atoms with Crippen LogP contribution in [0, 0.1) is 0 Å². The van der Waals surface area contributed by atoms with E-state index < -0.39 is 0 Å². The molecule has 0 aliphatic carbocycles. The van der Waals surface area contributed by atoms with Crippen molar-refractivity contribution in [3.63, 3.8) is 0 Å². The van der Waals surface area contributed by atoms with Crippen LogP contribution in [0.4, 0.5) is 0 Å². The summed E-state index contributed by atoms with van der Waals surface area (Å²) >= 11 is 0. The lowest BCUT2D eigenvalue weighted by Gasteiger charge is -2.10. The van der Waals surface area contributed by atoms with Crippen LogP contribution >= 0.6 is 0 Å². The highest BCUT2D eigenvalue weighted by molar-refractivity contribution is 6.73. The largest absolute Gasteiger partial charge is 0.497 e. The SMILES string of the molecule is CC[Si](CC)c1ccc(OC)cc1. The van der Waals surface area contributed by atoms with Crippen molar-refractivity contribution in [2.75, 3.05) is 7.11 Å². The third kappa shape index (κ3) is 2.59. The van der Waals surface area contributed by atoms with E-state index in [4.69, 9.17) is 4.74 Å². The second kappa shape index (κ2) is 5.07. The molecule has 0 bridgehead atoms. The van der Waals surface area contributed by atoms with E-state index in [-0.39, 0.29) is 8.80 Å². The van der Waals surface area contributed by atoms with Gasteiger partial charge in [0.15, 0.2) is 0 Å². The Kier molecular flexibility index (Phi) is 4.03. The lowest BCUT2D eigenvalue weighted by atomic mass is 10.3. The summed E-state index contributed by atoms with van der Waals surface area (Å²) in [4.78, 5) is 0. The average molecular weight is 193 g/mol. The van der Waals surface area contributed by atoms with E-state index in [9.17, 15) is 0 Å². The summed E-state index contributed by atoms with van der Waals surface area (Å²) in [6.45, 7) is 4.56. The van der Waals surface area contributed by atoms with Crippen molar-refractivity contribution in [2.24, 2.45) is 0 Å². The van der Waals surface area contributed by atoms with Gasteiger partial charge in [-0.2, -0.15) is 0 Å². The van der Waals surface area contributed by atoms with Gasteiger partial charge < -0.3 is 4.74 Å². The highest BCUT2D eigenvalue weighted by Crippen LogP contribution is 2.08. The van der Waals surface area contributed by atoms with Crippen LogP contribution in [0.15, 0.2) is 24.3 Å². The Balaban J connectivity index is 2.78. The van der Waals surface area contributed by atoms with Crippen molar-refractivity contribution in [3.05, 3.63) is 24.3 Å². The van der Waals surface area contributed by atoms with Crippen LogP contribution in [-0.4, -0.2) is 15.9 Å². The summed E-state index contributed by atoms with van der Waals surface area (Å²) in [6.07, 6.45) is 0. The highest BCUT2D eigenvalue weighted by Gasteiger charge is 2.08. The Bertz CT molecular complexity index is 239. The zero-order valence-electron chi connectivity index (χ0n) is 8.63. The van der Waals surface area contributed by atoms with E-state index >= 15 is 0 Å². The molecular formula is C11H17OSi. The minimum Gasteiger partial charge on any atom is -0.497 e. The molecule has 0 atom stereocenters. The molecule has 1 rings (SSSR count). The lowest BCUT2D eigenvalue weighted by molar-refractivity contribution is 0.415. The zero-order chi connectivity index (χ0) is 9.68. The fraction of sp³-hybridized carbons (Fsp3) is 0.455. The Morgan fingerprint density at radius 3 is 2.00 bits per heavy atom. The van der Waals surface area contributed by atoms with Gasteiger partial charge in [-0.3, -0.25) is 0 Å². The summed E-state index contributed by atoms with van der Waals surface area (Å²) in [6, 6.07) is 11.2. The number of rotatable bonds is 4. The Hall–Kier alpha value is -0.763. The van der Waals surface area contributed by atoms with Gasteiger partial charge in [-0.05, 0) is 12.1 Å². The zero-order valence-corrected chi connectivity index (χ0v) is 9.63. The van der Waals surface area contributed by atoms with Gasteiger partial charge in [-0.25, -0.2) is 0 Å². The first-order valence-corrected chi connectivity index (χ1v) is 6.72. The lowest BCUT2D eigenvalue weighted by Crippen LogP contribution is -2.27. The van der Waals surface area contributed by atoms with Gasteiger partial charge in [0, 0.05) is 0 Å². The van der Waals surface area contributed by atoms with E-state index in [0.717, 1.165) is 5.75 Å². The van der Waals surface area contributed by atoms with Crippen LogP contribution in [0.3, 0.4) is 0 Å². The van der Waals surface area contributed by atoms with Crippen molar-refractivity contribution >= 4 is 14.0 Å². The number of benzene rings is 1. The van der Waals surface area contributed by atoms with Gasteiger partial charge in [0.05, 0.1) is 15.9 Å². The van der Waals surface area contributed by atoms with E-state index in [1.807, 2.05) is 0 Å². The molecule has 0 unspecified atom stereocenters. The summed E-state index contributed by atoms with van der Waals surface area (Å²) in [5.74, 6) is 0.956. The van der Waals surface area contributed by atoms with Gasteiger partial charge in [0.2, 0.25) is 0 Å². The third-order valence-electron chi connectivity index (χ3n) is 2.35. The van der Waals surface area contributed by atoms with E-state index in [1.54, 1.807) is 7.11 Å². The predicted molar refractivity (Wildman–Crippen MR) is 59.3 cm³/mol. The molecule has 0 aromatic heterocycles. The van der Waals surface area contributed by atoms with Gasteiger partial charge in [0.1, 0.15) is 5.75 Å². The summed E-state index contributed by atoms with van der Waals surface area (Å²) in [7, 11) is 1.43. The first-order valence-electron chi connectivity index (χ1n) is 4.81. The summed E-state index contributed by atoms with van der Waals surface area (Å²) < 4.78 is 5.13. The second-order valence-corrected chi connectivity index (χ2v) is 6.24. The third-order valence-corrected chi connectivity index (χ3v) is 5.21. The van der Waals surface area contributed by atoms with Crippen molar-refractivity contribution in [2.45, 2.75) is 25.9 Å².